The summed E-state index contributed by atoms with van der Waals surface area (Å²) in [5.41, 5.74) is 1.08. The van der Waals surface area contributed by atoms with Gasteiger partial charge in [-0.2, -0.15) is 0 Å². The maximum atomic E-state index is 11.9. The van der Waals surface area contributed by atoms with E-state index in [9.17, 15) is 9.59 Å². The van der Waals surface area contributed by atoms with Crippen molar-refractivity contribution in [3.63, 3.8) is 0 Å². The molecule has 28 heavy (non-hydrogen) atoms. The second-order valence-corrected chi connectivity index (χ2v) is 7.67. The van der Waals surface area contributed by atoms with E-state index in [0.717, 1.165) is 23.0 Å². The van der Waals surface area contributed by atoms with Gasteiger partial charge in [0, 0.05) is 44.1 Å². The van der Waals surface area contributed by atoms with Crippen LogP contribution in [0, 0.1) is 0 Å². The number of nitrogens with one attached hydrogen (secondary N) is 2. The Balaban J connectivity index is 0.00000392. The van der Waals surface area contributed by atoms with Gasteiger partial charge < -0.3 is 20.4 Å². The minimum absolute atomic E-state index is 0. The molecule has 1 aromatic carbocycles. The van der Waals surface area contributed by atoms with Crippen LogP contribution in [0.4, 0.5) is 0 Å². The largest absolute Gasteiger partial charge is 0.352 e. The van der Waals surface area contributed by atoms with E-state index < -0.39 is 0 Å². The van der Waals surface area contributed by atoms with Crippen LogP contribution in [0.25, 0.3) is 0 Å². The lowest BCUT2D eigenvalue weighted by molar-refractivity contribution is -0.130. The molecular formula is C19H29BrIN5O2. The lowest BCUT2D eigenvalue weighted by Gasteiger charge is -2.19. The summed E-state index contributed by atoms with van der Waals surface area (Å²) in [7, 11) is 3.45. The first-order chi connectivity index (χ1) is 12.9. The Hall–Kier alpha value is -1.36. The summed E-state index contributed by atoms with van der Waals surface area (Å²) >= 11 is 3.43. The zero-order chi connectivity index (χ0) is 19.8. The molecule has 0 radical (unpaired) electrons. The molecule has 1 atom stereocenters. The molecule has 0 aliphatic carbocycles. The number of nitrogens with zero attached hydrogens (tertiary/aromatic N) is 3. The van der Waals surface area contributed by atoms with Gasteiger partial charge >= 0.3 is 0 Å². The average Bonchev–Trinajstić information content (AvgIpc) is 3.12. The highest BCUT2D eigenvalue weighted by Crippen LogP contribution is 2.12. The highest BCUT2D eigenvalue weighted by atomic mass is 127. The first-order valence-corrected chi connectivity index (χ1v) is 9.95. The van der Waals surface area contributed by atoms with E-state index >= 15 is 0 Å². The van der Waals surface area contributed by atoms with Crippen LogP contribution in [0.15, 0.2) is 33.7 Å². The van der Waals surface area contributed by atoms with Gasteiger partial charge in [0.25, 0.3) is 0 Å². The first kappa shape index (κ1) is 24.7. The van der Waals surface area contributed by atoms with Crippen molar-refractivity contribution in [3.8, 4) is 0 Å². The van der Waals surface area contributed by atoms with Crippen molar-refractivity contribution in [2.75, 3.05) is 33.7 Å². The summed E-state index contributed by atoms with van der Waals surface area (Å²) in [5.74, 6) is 0.731. The summed E-state index contributed by atoms with van der Waals surface area (Å²) < 4.78 is 1.02. The number of rotatable bonds is 6. The highest BCUT2D eigenvalue weighted by Gasteiger charge is 2.26. The molecule has 1 aromatic rings. The van der Waals surface area contributed by atoms with Crippen molar-refractivity contribution in [1.82, 2.24) is 20.4 Å². The van der Waals surface area contributed by atoms with Crippen LogP contribution in [0.3, 0.4) is 0 Å². The van der Waals surface area contributed by atoms with E-state index in [1.54, 1.807) is 14.1 Å². The second-order valence-electron chi connectivity index (χ2n) is 6.76. The number of likely N-dealkylation sites (N-methyl/N-ethyl adjacent to an activating group) is 1. The third-order valence-electron chi connectivity index (χ3n) is 4.42. The lowest BCUT2D eigenvalue weighted by atomic mass is 10.2. The summed E-state index contributed by atoms with van der Waals surface area (Å²) in [4.78, 5) is 31.8. The van der Waals surface area contributed by atoms with Crippen LogP contribution < -0.4 is 10.6 Å². The van der Waals surface area contributed by atoms with E-state index in [0.29, 0.717) is 25.5 Å². The number of aliphatic imine (C=N–C) groups is 1. The Labute approximate surface area is 192 Å². The molecule has 0 bridgehead atoms. The summed E-state index contributed by atoms with van der Waals surface area (Å²) in [6, 6.07) is 8.10. The Morgan fingerprint density at radius 2 is 1.96 bits per heavy atom. The van der Waals surface area contributed by atoms with E-state index in [2.05, 4.69) is 31.6 Å². The Bertz CT molecular complexity index is 681. The minimum atomic E-state index is -0.0256. The third kappa shape index (κ3) is 7.94. The number of hydrogen-bond acceptors (Lipinski definition) is 3. The molecule has 2 N–H and O–H groups in total. The number of halogens is 2. The van der Waals surface area contributed by atoms with Crippen molar-refractivity contribution >= 4 is 57.7 Å². The van der Waals surface area contributed by atoms with Crippen LogP contribution in [0.2, 0.25) is 0 Å². The smallest absolute Gasteiger partial charge is 0.241 e. The summed E-state index contributed by atoms with van der Waals surface area (Å²) in [5, 5.41) is 6.47. The van der Waals surface area contributed by atoms with Gasteiger partial charge in [0.1, 0.15) is 0 Å². The number of carbonyl (C=O) groups excluding carboxylic acids is 2. The van der Waals surface area contributed by atoms with E-state index in [1.165, 1.54) is 4.90 Å². The van der Waals surface area contributed by atoms with Crippen LogP contribution in [0.1, 0.15) is 25.3 Å². The van der Waals surface area contributed by atoms with Gasteiger partial charge in [-0.05, 0) is 24.1 Å². The quantitative estimate of drug-likeness (QED) is 0.315. The van der Waals surface area contributed by atoms with E-state index in [-0.39, 0.29) is 48.4 Å². The average molecular weight is 566 g/mol. The molecule has 0 aromatic heterocycles. The monoisotopic (exact) mass is 565 g/mol. The zero-order valence-corrected chi connectivity index (χ0v) is 20.5. The molecule has 1 aliphatic heterocycles. The fourth-order valence-corrected chi connectivity index (χ4v) is 3.02. The molecule has 0 spiro atoms. The third-order valence-corrected chi connectivity index (χ3v) is 4.95. The Morgan fingerprint density at radius 3 is 2.57 bits per heavy atom. The highest BCUT2D eigenvalue weighted by molar-refractivity contribution is 14.0. The van der Waals surface area contributed by atoms with Crippen molar-refractivity contribution in [2.24, 2.45) is 4.99 Å². The lowest BCUT2D eigenvalue weighted by Crippen LogP contribution is -2.47. The zero-order valence-electron chi connectivity index (χ0n) is 16.6. The SMILES string of the molecule is CCC(=O)N1CCC(NC(=NCc2ccc(Br)cc2)NCC(=O)N(C)C)C1.I. The number of amides is 2. The van der Waals surface area contributed by atoms with Gasteiger partial charge in [0.05, 0.1) is 13.1 Å². The van der Waals surface area contributed by atoms with Gasteiger partial charge in [0.2, 0.25) is 11.8 Å². The van der Waals surface area contributed by atoms with Crippen LogP contribution >= 0.6 is 39.9 Å². The molecule has 7 nitrogen and oxygen atoms in total. The normalized spacial score (nSPS) is 16.4. The number of benzene rings is 1. The molecule has 1 saturated heterocycles. The fraction of sp³-hybridized carbons (Fsp3) is 0.526. The molecule has 1 aliphatic rings. The van der Waals surface area contributed by atoms with Crippen molar-refractivity contribution < 1.29 is 9.59 Å². The Morgan fingerprint density at radius 1 is 1.29 bits per heavy atom. The van der Waals surface area contributed by atoms with Crippen LogP contribution in [-0.2, 0) is 16.1 Å². The van der Waals surface area contributed by atoms with Gasteiger partial charge in [-0.3, -0.25) is 9.59 Å². The van der Waals surface area contributed by atoms with Gasteiger partial charge in [-0.25, -0.2) is 4.99 Å². The predicted octanol–water partition coefficient (Wildman–Crippen LogP) is 2.20. The van der Waals surface area contributed by atoms with Crippen molar-refractivity contribution in [2.45, 2.75) is 32.4 Å². The van der Waals surface area contributed by atoms with Crippen LogP contribution in [0.5, 0.6) is 0 Å². The molecule has 1 fully saturated rings. The maximum Gasteiger partial charge on any atom is 0.241 e. The molecular weight excluding hydrogens is 537 g/mol. The molecule has 9 heteroatoms. The van der Waals surface area contributed by atoms with Crippen molar-refractivity contribution in [1.29, 1.82) is 0 Å². The molecule has 2 amide bonds. The van der Waals surface area contributed by atoms with Gasteiger partial charge in [-0.1, -0.05) is 35.0 Å². The fourth-order valence-electron chi connectivity index (χ4n) is 2.75. The molecule has 1 unspecified atom stereocenters. The predicted molar refractivity (Wildman–Crippen MR) is 126 cm³/mol. The van der Waals surface area contributed by atoms with Crippen molar-refractivity contribution in [3.05, 3.63) is 34.3 Å². The molecule has 0 saturated carbocycles. The number of carbonyl (C=O) groups is 2. The Kier molecular flexibility index (Phi) is 10.8. The van der Waals surface area contributed by atoms with Gasteiger partial charge in [0.15, 0.2) is 5.96 Å². The number of guanidine groups is 1. The molecule has 2 rings (SSSR count). The second kappa shape index (κ2) is 12.3. The first-order valence-electron chi connectivity index (χ1n) is 9.16. The van der Waals surface area contributed by atoms with E-state index in [1.807, 2.05) is 36.1 Å². The maximum absolute atomic E-state index is 11.9. The topological polar surface area (TPSA) is 77.0 Å². The van der Waals surface area contributed by atoms with Crippen LogP contribution in [-0.4, -0.2) is 67.3 Å². The number of hydrogen-bond donors (Lipinski definition) is 2. The minimum Gasteiger partial charge on any atom is -0.352 e. The number of likely N-dealkylation sites (tertiary alicyclic amines) is 1. The van der Waals surface area contributed by atoms with E-state index in [4.69, 9.17) is 0 Å². The summed E-state index contributed by atoms with van der Waals surface area (Å²) in [6.07, 6.45) is 1.39. The standard InChI is InChI=1S/C19H28BrN5O2.HI/c1-4-17(26)25-10-9-16(13-25)23-19(22-12-18(27)24(2)3)21-11-14-5-7-15(20)8-6-14;/h5-8,16H,4,9-13H2,1-3H3,(H2,21,22,23);1H. The van der Waals surface area contributed by atoms with Gasteiger partial charge in [-0.15, -0.1) is 24.0 Å². The summed E-state index contributed by atoms with van der Waals surface area (Å²) in [6.45, 7) is 3.96. The molecule has 156 valence electrons. The molecule has 1 heterocycles.